The second-order valence-corrected chi connectivity index (χ2v) is 10.9. The molecule has 4 rings (SSSR count). The Labute approximate surface area is 253 Å². The van der Waals surface area contributed by atoms with Crippen molar-refractivity contribution >= 4 is 11.9 Å². The van der Waals surface area contributed by atoms with Crippen LogP contribution in [0, 0.1) is 26.6 Å². The van der Waals surface area contributed by atoms with Crippen LogP contribution in [0.15, 0.2) is 84.9 Å². The molecule has 43 heavy (non-hydrogen) atoms. The molecule has 0 spiro atoms. The Balaban J connectivity index is 1.56. The van der Waals surface area contributed by atoms with Crippen LogP contribution in [-0.2, 0) is 22.7 Å². The number of hydrogen-bond acceptors (Lipinski definition) is 4. The summed E-state index contributed by atoms with van der Waals surface area (Å²) < 4.78 is 25.8. The van der Waals surface area contributed by atoms with Crippen molar-refractivity contribution in [2.24, 2.45) is 0 Å². The molecule has 0 saturated heterocycles. The SMILES string of the molecule is Cc1c(C)c(C(=O)O)c(C)c(C(CCCCCC(=O)OCc2ccccc2)c2ccc(F)cc2)c1OCc1ccccc1. The van der Waals surface area contributed by atoms with Crippen molar-refractivity contribution in [3.63, 3.8) is 0 Å². The van der Waals surface area contributed by atoms with Crippen molar-refractivity contribution in [2.75, 3.05) is 0 Å². The zero-order valence-electron chi connectivity index (χ0n) is 25.1. The van der Waals surface area contributed by atoms with Crippen LogP contribution in [0.1, 0.15) is 87.3 Å². The van der Waals surface area contributed by atoms with Crippen LogP contribution in [0.25, 0.3) is 0 Å². The van der Waals surface area contributed by atoms with Crippen LogP contribution in [0.2, 0.25) is 0 Å². The molecular weight excluding hydrogens is 543 g/mol. The second-order valence-electron chi connectivity index (χ2n) is 10.9. The third-order valence-corrected chi connectivity index (χ3v) is 7.98. The monoisotopic (exact) mass is 582 g/mol. The first-order valence-electron chi connectivity index (χ1n) is 14.7. The normalized spacial score (nSPS) is 11.6. The average Bonchev–Trinajstić information content (AvgIpc) is 3.01. The van der Waals surface area contributed by atoms with Gasteiger partial charge in [0.05, 0.1) is 5.56 Å². The van der Waals surface area contributed by atoms with E-state index in [1.165, 1.54) is 12.1 Å². The van der Waals surface area contributed by atoms with E-state index in [2.05, 4.69) is 0 Å². The van der Waals surface area contributed by atoms with Crippen LogP contribution < -0.4 is 4.74 Å². The maximum absolute atomic E-state index is 14.0. The third kappa shape index (κ3) is 8.31. The summed E-state index contributed by atoms with van der Waals surface area (Å²) in [6, 6.07) is 25.8. The molecule has 4 aromatic rings. The number of esters is 1. The average molecular weight is 583 g/mol. The number of unbranched alkanes of at least 4 members (excludes halogenated alkanes) is 2. The zero-order valence-corrected chi connectivity index (χ0v) is 25.1. The van der Waals surface area contributed by atoms with E-state index in [0.29, 0.717) is 42.7 Å². The Morgan fingerprint density at radius 2 is 1.35 bits per heavy atom. The highest BCUT2D eigenvalue weighted by atomic mass is 19.1. The minimum atomic E-state index is -0.985. The second kappa shape index (κ2) is 15.1. The van der Waals surface area contributed by atoms with Gasteiger partial charge in [-0.15, -0.1) is 0 Å². The van der Waals surface area contributed by atoms with Gasteiger partial charge in [0, 0.05) is 17.9 Å². The summed E-state index contributed by atoms with van der Waals surface area (Å²) in [7, 11) is 0. The van der Waals surface area contributed by atoms with Gasteiger partial charge in [-0.1, -0.05) is 85.6 Å². The number of halogens is 1. The van der Waals surface area contributed by atoms with Gasteiger partial charge in [0.15, 0.2) is 0 Å². The summed E-state index contributed by atoms with van der Waals surface area (Å²) in [6.45, 7) is 6.14. The van der Waals surface area contributed by atoms with Crippen LogP contribution in [0.4, 0.5) is 4.39 Å². The molecule has 0 amide bonds. The van der Waals surface area contributed by atoms with Crippen molar-refractivity contribution in [3.05, 3.63) is 135 Å². The summed E-state index contributed by atoms with van der Waals surface area (Å²) >= 11 is 0. The van der Waals surface area contributed by atoms with Gasteiger partial charge in [0.2, 0.25) is 0 Å². The number of aromatic carboxylic acids is 1. The first-order chi connectivity index (χ1) is 20.8. The van der Waals surface area contributed by atoms with Gasteiger partial charge in [0.25, 0.3) is 0 Å². The van der Waals surface area contributed by atoms with E-state index in [0.717, 1.165) is 40.7 Å². The molecule has 0 saturated carbocycles. The fourth-order valence-corrected chi connectivity index (χ4v) is 5.58. The number of carboxylic acid groups (broad SMARTS) is 1. The highest BCUT2D eigenvalue weighted by Gasteiger charge is 2.28. The summed E-state index contributed by atoms with van der Waals surface area (Å²) in [5.41, 5.74) is 6.02. The Kier molecular flexibility index (Phi) is 11.1. The van der Waals surface area contributed by atoms with Crippen LogP contribution in [0.3, 0.4) is 0 Å². The highest BCUT2D eigenvalue weighted by molar-refractivity contribution is 5.93. The summed E-state index contributed by atoms with van der Waals surface area (Å²) in [5.74, 6) is -1.11. The topological polar surface area (TPSA) is 72.8 Å². The number of carbonyl (C=O) groups excluding carboxylic acids is 1. The molecule has 5 nitrogen and oxygen atoms in total. The third-order valence-electron chi connectivity index (χ3n) is 7.98. The van der Waals surface area contributed by atoms with E-state index < -0.39 is 5.97 Å². The van der Waals surface area contributed by atoms with E-state index in [1.807, 2.05) is 81.4 Å². The minimum absolute atomic E-state index is 0.228. The minimum Gasteiger partial charge on any atom is -0.488 e. The Hall–Kier alpha value is -4.45. The van der Waals surface area contributed by atoms with Gasteiger partial charge in [-0.05, 0) is 79.1 Å². The largest absolute Gasteiger partial charge is 0.488 e. The van der Waals surface area contributed by atoms with Crippen molar-refractivity contribution in [2.45, 2.75) is 72.0 Å². The molecule has 0 fully saturated rings. The Morgan fingerprint density at radius 3 is 1.95 bits per heavy atom. The summed E-state index contributed by atoms with van der Waals surface area (Å²) in [5, 5.41) is 10.2. The quantitative estimate of drug-likeness (QED) is 0.119. The number of carbonyl (C=O) groups is 2. The summed E-state index contributed by atoms with van der Waals surface area (Å²) in [4.78, 5) is 24.7. The molecule has 0 radical (unpaired) electrons. The highest BCUT2D eigenvalue weighted by Crippen LogP contribution is 2.43. The maximum atomic E-state index is 14.0. The van der Waals surface area contributed by atoms with Crippen molar-refractivity contribution in [1.82, 2.24) is 0 Å². The Morgan fingerprint density at radius 1 is 0.744 bits per heavy atom. The molecule has 1 N–H and O–H groups in total. The molecule has 0 bridgehead atoms. The number of rotatable bonds is 14. The van der Waals surface area contributed by atoms with Crippen molar-refractivity contribution in [3.8, 4) is 5.75 Å². The fraction of sp³-hybridized carbons (Fsp3) is 0.297. The molecule has 0 aliphatic rings. The van der Waals surface area contributed by atoms with Gasteiger partial charge >= 0.3 is 11.9 Å². The predicted octanol–water partition coefficient (Wildman–Crippen LogP) is 8.85. The van der Waals surface area contributed by atoms with Crippen molar-refractivity contribution in [1.29, 1.82) is 0 Å². The van der Waals surface area contributed by atoms with Crippen LogP contribution in [0.5, 0.6) is 5.75 Å². The number of ether oxygens (including phenoxy) is 2. The maximum Gasteiger partial charge on any atom is 0.336 e. The standard InChI is InChI=1S/C37H39FO5/c1-25-26(2)36(43-24-29-15-9-5-10-16-29)35(27(3)34(25)37(40)41)32(30-19-21-31(38)22-20-30)17-11-6-12-18-33(39)42-23-28-13-7-4-8-14-28/h4-5,7-10,13-16,19-22,32H,6,11-12,17-18,23-24H2,1-3H3,(H,40,41). The molecular formula is C37H39FO5. The molecule has 0 aliphatic carbocycles. The van der Waals surface area contributed by atoms with Crippen molar-refractivity contribution < 1.29 is 28.6 Å². The van der Waals surface area contributed by atoms with Crippen LogP contribution >= 0.6 is 0 Å². The lowest BCUT2D eigenvalue weighted by atomic mass is 9.80. The molecule has 0 aromatic heterocycles. The number of carboxylic acids is 1. The lowest BCUT2D eigenvalue weighted by molar-refractivity contribution is -0.145. The van der Waals surface area contributed by atoms with E-state index >= 15 is 0 Å². The lowest BCUT2D eigenvalue weighted by Crippen LogP contribution is -2.15. The number of hydrogen-bond donors (Lipinski definition) is 1. The number of benzene rings is 4. The van der Waals surface area contributed by atoms with E-state index in [1.54, 1.807) is 12.1 Å². The molecule has 6 heteroatoms. The van der Waals surface area contributed by atoms with E-state index in [4.69, 9.17) is 9.47 Å². The first kappa shape index (κ1) is 31.5. The lowest BCUT2D eigenvalue weighted by Gasteiger charge is -2.27. The molecule has 1 atom stereocenters. The van der Waals surface area contributed by atoms with Gasteiger partial charge in [0.1, 0.15) is 24.8 Å². The van der Waals surface area contributed by atoms with E-state index in [9.17, 15) is 19.1 Å². The molecule has 0 heterocycles. The van der Waals surface area contributed by atoms with Gasteiger partial charge in [-0.2, -0.15) is 0 Å². The zero-order chi connectivity index (χ0) is 30.8. The molecule has 4 aromatic carbocycles. The smallest absolute Gasteiger partial charge is 0.336 e. The van der Waals surface area contributed by atoms with Gasteiger partial charge in [-0.25, -0.2) is 9.18 Å². The molecule has 1 unspecified atom stereocenters. The van der Waals surface area contributed by atoms with Gasteiger partial charge < -0.3 is 14.6 Å². The molecule has 224 valence electrons. The first-order valence-corrected chi connectivity index (χ1v) is 14.7. The van der Waals surface area contributed by atoms with Crippen LogP contribution in [-0.4, -0.2) is 17.0 Å². The fourth-order valence-electron chi connectivity index (χ4n) is 5.58. The van der Waals surface area contributed by atoms with Gasteiger partial charge in [-0.3, -0.25) is 4.79 Å². The summed E-state index contributed by atoms with van der Waals surface area (Å²) in [6.07, 6.45) is 3.24. The molecule has 0 aliphatic heterocycles. The van der Waals surface area contributed by atoms with E-state index in [-0.39, 0.29) is 29.9 Å². The Bertz CT molecular complexity index is 1510. The predicted molar refractivity (Wildman–Crippen MR) is 166 cm³/mol.